The molecule has 0 atom stereocenters. The Morgan fingerprint density at radius 1 is 1.39 bits per heavy atom. The summed E-state index contributed by atoms with van der Waals surface area (Å²) in [5.74, 6) is -0.175. The summed E-state index contributed by atoms with van der Waals surface area (Å²) in [5, 5.41) is 8.34. The molecule has 5 nitrogen and oxygen atoms in total. The third-order valence-corrected chi connectivity index (χ3v) is 3.24. The Morgan fingerprint density at radius 2 is 2.33 bits per heavy atom. The first kappa shape index (κ1) is 10.9. The van der Waals surface area contributed by atoms with Gasteiger partial charge in [0.2, 0.25) is 0 Å². The first-order valence-corrected chi connectivity index (χ1v) is 6.33. The quantitative estimate of drug-likeness (QED) is 0.866. The number of nitrogens with one attached hydrogen (secondary N) is 2. The van der Waals surface area contributed by atoms with E-state index in [-0.39, 0.29) is 5.91 Å². The van der Waals surface area contributed by atoms with E-state index in [4.69, 9.17) is 0 Å². The van der Waals surface area contributed by atoms with Crippen LogP contribution in [0.5, 0.6) is 0 Å². The molecule has 0 spiro atoms. The molecule has 1 amide bonds. The average molecular weight is 258 g/mol. The van der Waals surface area contributed by atoms with Gasteiger partial charge in [-0.25, -0.2) is 4.98 Å². The van der Waals surface area contributed by atoms with Crippen LogP contribution in [0, 0.1) is 0 Å². The van der Waals surface area contributed by atoms with Crippen LogP contribution in [0.1, 0.15) is 16.1 Å². The molecule has 0 unspecified atom stereocenters. The van der Waals surface area contributed by atoms with Crippen molar-refractivity contribution in [1.29, 1.82) is 0 Å². The molecule has 18 heavy (non-hydrogen) atoms. The summed E-state index contributed by atoms with van der Waals surface area (Å²) >= 11 is 1.39. The highest BCUT2D eigenvalue weighted by Gasteiger charge is 2.16. The maximum absolute atomic E-state index is 12.1. The van der Waals surface area contributed by atoms with Crippen LogP contribution >= 0.6 is 11.3 Å². The minimum Gasteiger partial charge on any atom is -0.379 e. The Bertz CT molecular complexity index is 607. The van der Waals surface area contributed by atoms with Gasteiger partial charge in [0.1, 0.15) is 0 Å². The SMILES string of the molecule is O=C(Nc1nccs1)c1ccnc2c1NCC=C2. The largest absolute Gasteiger partial charge is 0.379 e. The predicted octanol–water partition coefficient (Wildman–Crippen LogP) is 2.23. The zero-order valence-corrected chi connectivity index (χ0v) is 10.2. The Labute approximate surface area is 108 Å². The summed E-state index contributed by atoms with van der Waals surface area (Å²) < 4.78 is 0. The van der Waals surface area contributed by atoms with E-state index >= 15 is 0 Å². The smallest absolute Gasteiger partial charge is 0.259 e. The summed E-state index contributed by atoms with van der Waals surface area (Å²) in [6.07, 6.45) is 7.17. The Morgan fingerprint density at radius 3 is 3.17 bits per heavy atom. The van der Waals surface area contributed by atoms with Crippen molar-refractivity contribution in [2.75, 3.05) is 17.2 Å². The van der Waals surface area contributed by atoms with Gasteiger partial charge in [-0.3, -0.25) is 15.1 Å². The molecule has 0 aromatic carbocycles. The van der Waals surface area contributed by atoms with Crippen LogP contribution in [-0.4, -0.2) is 22.4 Å². The van der Waals surface area contributed by atoms with Crippen LogP contribution in [0.25, 0.3) is 6.08 Å². The Hall–Kier alpha value is -2.21. The van der Waals surface area contributed by atoms with E-state index in [9.17, 15) is 4.79 Å². The van der Waals surface area contributed by atoms with Crippen LogP contribution < -0.4 is 10.6 Å². The summed E-state index contributed by atoms with van der Waals surface area (Å²) in [6.45, 7) is 0.705. The Balaban J connectivity index is 1.92. The van der Waals surface area contributed by atoms with E-state index in [0.29, 0.717) is 17.2 Å². The average Bonchev–Trinajstić information content (AvgIpc) is 2.91. The normalized spacial score (nSPS) is 12.7. The molecular weight excluding hydrogens is 248 g/mol. The maximum Gasteiger partial charge on any atom is 0.259 e. The highest BCUT2D eigenvalue weighted by molar-refractivity contribution is 7.13. The lowest BCUT2D eigenvalue weighted by Crippen LogP contribution is -2.17. The molecule has 0 radical (unpaired) electrons. The number of nitrogens with zero attached hydrogens (tertiary/aromatic N) is 2. The van der Waals surface area contributed by atoms with Gasteiger partial charge in [0.15, 0.2) is 5.13 Å². The number of carbonyl (C=O) groups is 1. The van der Waals surface area contributed by atoms with Crippen molar-refractivity contribution in [2.45, 2.75) is 0 Å². The number of rotatable bonds is 2. The molecule has 0 fully saturated rings. The van der Waals surface area contributed by atoms with Gasteiger partial charge in [-0.15, -0.1) is 11.3 Å². The molecule has 0 bridgehead atoms. The van der Waals surface area contributed by atoms with E-state index in [2.05, 4.69) is 20.6 Å². The first-order valence-electron chi connectivity index (χ1n) is 5.45. The van der Waals surface area contributed by atoms with Crippen LogP contribution in [0.2, 0.25) is 0 Å². The predicted molar refractivity (Wildman–Crippen MR) is 71.8 cm³/mol. The van der Waals surface area contributed by atoms with Crippen molar-refractivity contribution in [3.63, 3.8) is 0 Å². The van der Waals surface area contributed by atoms with Crippen molar-refractivity contribution in [2.24, 2.45) is 0 Å². The zero-order chi connectivity index (χ0) is 12.4. The molecule has 0 saturated heterocycles. The minimum atomic E-state index is -0.175. The van der Waals surface area contributed by atoms with Gasteiger partial charge < -0.3 is 5.32 Å². The van der Waals surface area contributed by atoms with E-state index in [1.165, 1.54) is 11.3 Å². The van der Waals surface area contributed by atoms with Gasteiger partial charge >= 0.3 is 0 Å². The van der Waals surface area contributed by atoms with Crippen molar-refractivity contribution in [1.82, 2.24) is 9.97 Å². The molecule has 90 valence electrons. The molecular formula is C12H10N4OS. The van der Waals surface area contributed by atoms with Gasteiger partial charge in [0.25, 0.3) is 5.91 Å². The molecule has 1 aliphatic rings. The third-order valence-electron chi connectivity index (χ3n) is 2.55. The number of hydrogen-bond donors (Lipinski definition) is 2. The lowest BCUT2D eigenvalue weighted by Gasteiger charge is -2.15. The van der Waals surface area contributed by atoms with Crippen LogP contribution in [0.3, 0.4) is 0 Å². The molecule has 2 N–H and O–H groups in total. The summed E-state index contributed by atoms with van der Waals surface area (Å²) in [7, 11) is 0. The van der Waals surface area contributed by atoms with E-state index in [1.54, 1.807) is 18.5 Å². The molecule has 0 aliphatic carbocycles. The molecule has 2 aromatic rings. The second-order valence-electron chi connectivity index (χ2n) is 3.69. The summed E-state index contributed by atoms with van der Waals surface area (Å²) in [5.41, 5.74) is 2.14. The third kappa shape index (κ3) is 1.98. The number of pyridine rings is 1. The second kappa shape index (κ2) is 4.58. The second-order valence-corrected chi connectivity index (χ2v) is 4.59. The fourth-order valence-electron chi connectivity index (χ4n) is 1.76. The number of carbonyl (C=O) groups excluding carboxylic acids is 1. The van der Waals surface area contributed by atoms with Crippen LogP contribution in [-0.2, 0) is 0 Å². The van der Waals surface area contributed by atoms with Crippen molar-refractivity contribution in [3.8, 4) is 0 Å². The summed E-state index contributed by atoms with van der Waals surface area (Å²) in [6, 6.07) is 1.70. The maximum atomic E-state index is 12.1. The molecule has 3 heterocycles. The van der Waals surface area contributed by atoms with Crippen LogP contribution in [0.4, 0.5) is 10.8 Å². The van der Waals surface area contributed by atoms with Crippen molar-refractivity contribution >= 4 is 34.1 Å². The number of thiazole rings is 1. The molecule has 6 heteroatoms. The van der Waals surface area contributed by atoms with Gasteiger partial charge in [-0.05, 0) is 12.1 Å². The first-order chi connectivity index (χ1) is 8.84. The number of fused-ring (bicyclic) bond motifs is 1. The lowest BCUT2D eigenvalue weighted by atomic mass is 10.1. The fraction of sp³-hybridized carbons (Fsp3) is 0.0833. The highest BCUT2D eigenvalue weighted by atomic mass is 32.1. The summed E-state index contributed by atoms with van der Waals surface area (Å²) in [4.78, 5) is 20.4. The number of amides is 1. The highest BCUT2D eigenvalue weighted by Crippen LogP contribution is 2.24. The van der Waals surface area contributed by atoms with Gasteiger partial charge in [-0.1, -0.05) is 6.08 Å². The van der Waals surface area contributed by atoms with E-state index in [0.717, 1.165) is 11.4 Å². The van der Waals surface area contributed by atoms with Crippen molar-refractivity contribution < 1.29 is 4.79 Å². The van der Waals surface area contributed by atoms with Gasteiger partial charge in [-0.2, -0.15) is 0 Å². The van der Waals surface area contributed by atoms with Gasteiger partial charge in [0.05, 0.1) is 16.9 Å². The number of aromatic nitrogens is 2. The van der Waals surface area contributed by atoms with E-state index < -0.39 is 0 Å². The minimum absolute atomic E-state index is 0.175. The standard InChI is InChI=1S/C12H10N4OS/c17-11(16-12-15-6-7-18-12)8-3-5-13-9-2-1-4-14-10(8)9/h1-3,5-7,14H,4H2,(H,15,16,17). The van der Waals surface area contributed by atoms with Gasteiger partial charge in [0, 0.05) is 24.3 Å². The van der Waals surface area contributed by atoms with Crippen molar-refractivity contribution in [3.05, 3.63) is 41.2 Å². The van der Waals surface area contributed by atoms with Crippen LogP contribution in [0.15, 0.2) is 29.9 Å². The topological polar surface area (TPSA) is 66.9 Å². The number of anilines is 2. The fourth-order valence-corrected chi connectivity index (χ4v) is 2.28. The van der Waals surface area contributed by atoms with E-state index in [1.807, 2.05) is 17.5 Å². The zero-order valence-electron chi connectivity index (χ0n) is 9.38. The monoisotopic (exact) mass is 258 g/mol. The molecule has 1 aliphatic heterocycles. The molecule has 3 rings (SSSR count). The molecule has 2 aromatic heterocycles. The Kier molecular flexibility index (Phi) is 2.77. The number of hydrogen-bond acceptors (Lipinski definition) is 5. The molecule has 0 saturated carbocycles. The lowest BCUT2D eigenvalue weighted by molar-refractivity contribution is 0.102.